The van der Waals surface area contributed by atoms with Gasteiger partial charge in [0.1, 0.15) is 0 Å². The van der Waals surface area contributed by atoms with Gasteiger partial charge in [-0.15, -0.1) is 0 Å². The molecule has 0 bridgehead atoms. The zero-order chi connectivity index (χ0) is 12.0. The van der Waals surface area contributed by atoms with E-state index in [1.807, 2.05) is 0 Å². The lowest BCUT2D eigenvalue weighted by molar-refractivity contribution is 0.113. The summed E-state index contributed by atoms with van der Waals surface area (Å²) >= 11 is 0. The lowest BCUT2D eigenvalue weighted by Crippen LogP contribution is -2.53. The SMILES string of the molecule is CC(C)CCCNCC1CN(C)CCN1C. The molecule has 0 aliphatic carbocycles. The molecular formula is C13H29N3. The van der Waals surface area contributed by atoms with Crippen LogP contribution in [0.3, 0.4) is 0 Å². The highest BCUT2D eigenvalue weighted by molar-refractivity contribution is 4.80. The fraction of sp³-hybridized carbons (Fsp3) is 1.00. The van der Waals surface area contributed by atoms with Gasteiger partial charge in [0.25, 0.3) is 0 Å². The Labute approximate surface area is 101 Å². The summed E-state index contributed by atoms with van der Waals surface area (Å²) in [6, 6.07) is 0.692. The minimum atomic E-state index is 0.692. The number of rotatable bonds is 6. The van der Waals surface area contributed by atoms with E-state index in [0.717, 1.165) is 12.5 Å². The third-order valence-electron chi connectivity index (χ3n) is 3.50. The lowest BCUT2D eigenvalue weighted by Gasteiger charge is -2.37. The van der Waals surface area contributed by atoms with Crippen LogP contribution in [0.15, 0.2) is 0 Å². The quantitative estimate of drug-likeness (QED) is 0.689. The minimum Gasteiger partial charge on any atom is -0.315 e. The predicted octanol–water partition coefficient (Wildman–Crippen LogP) is 1.26. The van der Waals surface area contributed by atoms with Crippen molar-refractivity contribution in [3.8, 4) is 0 Å². The van der Waals surface area contributed by atoms with Gasteiger partial charge in [0.05, 0.1) is 0 Å². The Bertz CT molecular complexity index is 182. The maximum absolute atomic E-state index is 3.59. The first kappa shape index (κ1) is 13.9. The van der Waals surface area contributed by atoms with Crippen LogP contribution in [-0.2, 0) is 0 Å². The van der Waals surface area contributed by atoms with Gasteiger partial charge in [-0.05, 0) is 39.4 Å². The second-order valence-corrected chi connectivity index (χ2v) is 5.64. The van der Waals surface area contributed by atoms with Gasteiger partial charge in [-0.2, -0.15) is 0 Å². The lowest BCUT2D eigenvalue weighted by atomic mass is 10.1. The Hall–Kier alpha value is -0.120. The van der Waals surface area contributed by atoms with E-state index in [1.165, 1.54) is 39.0 Å². The molecule has 1 unspecified atom stereocenters. The monoisotopic (exact) mass is 227 g/mol. The van der Waals surface area contributed by atoms with E-state index in [0.29, 0.717) is 6.04 Å². The molecule has 0 aromatic heterocycles. The standard InChI is InChI=1S/C13H29N3/c1-12(2)6-5-7-14-10-13-11-15(3)8-9-16(13)4/h12-14H,5-11H2,1-4H3. The van der Waals surface area contributed by atoms with Crippen molar-refractivity contribution >= 4 is 0 Å². The van der Waals surface area contributed by atoms with Crippen molar-refractivity contribution in [3.63, 3.8) is 0 Å². The molecule has 0 spiro atoms. The average molecular weight is 227 g/mol. The highest BCUT2D eigenvalue weighted by Gasteiger charge is 2.21. The molecule has 0 amide bonds. The van der Waals surface area contributed by atoms with Crippen LogP contribution in [0.5, 0.6) is 0 Å². The van der Waals surface area contributed by atoms with Crippen LogP contribution in [0, 0.1) is 5.92 Å². The molecule has 1 saturated heterocycles. The molecular weight excluding hydrogens is 198 g/mol. The summed E-state index contributed by atoms with van der Waals surface area (Å²) in [6.07, 6.45) is 2.65. The Kier molecular flexibility index (Phi) is 6.32. The van der Waals surface area contributed by atoms with Crippen LogP contribution in [0.1, 0.15) is 26.7 Å². The number of nitrogens with one attached hydrogen (secondary N) is 1. The number of piperazine rings is 1. The van der Waals surface area contributed by atoms with Crippen molar-refractivity contribution in [1.82, 2.24) is 15.1 Å². The normalized spacial score (nSPS) is 24.2. The first-order valence-corrected chi connectivity index (χ1v) is 6.69. The Balaban J connectivity index is 2.07. The topological polar surface area (TPSA) is 18.5 Å². The smallest absolute Gasteiger partial charge is 0.0345 e. The highest BCUT2D eigenvalue weighted by atomic mass is 15.3. The summed E-state index contributed by atoms with van der Waals surface area (Å²) < 4.78 is 0. The van der Waals surface area contributed by atoms with Gasteiger partial charge >= 0.3 is 0 Å². The number of hydrogen-bond acceptors (Lipinski definition) is 3. The fourth-order valence-corrected chi connectivity index (χ4v) is 2.23. The van der Waals surface area contributed by atoms with Gasteiger partial charge < -0.3 is 10.2 Å². The average Bonchev–Trinajstić information content (AvgIpc) is 2.22. The summed E-state index contributed by atoms with van der Waals surface area (Å²) in [5, 5.41) is 3.59. The van der Waals surface area contributed by atoms with Crippen LogP contribution >= 0.6 is 0 Å². The van der Waals surface area contributed by atoms with E-state index in [2.05, 4.69) is 43.1 Å². The molecule has 3 heteroatoms. The van der Waals surface area contributed by atoms with Gasteiger partial charge in [0.2, 0.25) is 0 Å². The van der Waals surface area contributed by atoms with Crippen molar-refractivity contribution in [2.24, 2.45) is 5.92 Å². The third kappa shape index (κ3) is 5.28. The second kappa shape index (κ2) is 7.25. The first-order valence-electron chi connectivity index (χ1n) is 6.69. The summed E-state index contributed by atoms with van der Waals surface area (Å²) in [4.78, 5) is 4.91. The van der Waals surface area contributed by atoms with Crippen molar-refractivity contribution < 1.29 is 0 Å². The molecule has 1 heterocycles. The zero-order valence-corrected chi connectivity index (χ0v) is 11.5. The Morgan fingerprint density at radius 3 is 2.69 bits per heavy atom. The van der Waals surface area contributed by atoms with Crippen LogP contribution in [0.2, 0.25) is 0 Å². The molecule has 16 heavy (non-hydrogen) atoms. The molecule has 3 nitrogen and oxygen atoms in total. The highest BCUT2D eigenvalue weighted by Crippen LogP contribution is 2.05. The van der Waals surface area contributed by atoms with E-state index >= 15 is 0 Å². The van der Waals surface area contributed by atoms with Crippen LogP contribution in [0.25, 0.3) is 0 Å². The molecule has 1 aliphatic heterocycles. The van der Waals surface area contributed by atoms with Crippen LogP contribution in [0.4, 0.5) is 0 Å². The molecule has 0 radical (unpaired) electrons. The molecule has 96 valence electrons. The number of likely N-dealkylation sites (N-methyl/N-ethyl adjacent to an activating group) is 2. The van der Waals surface area contributed by atoms with E-state index in [4.69, 9.17) is 0 Å². The number of nitrogens with zero attached hydrogens (tertiary/aromatic N) is 2. The van der Waals surface area contributed by atoms with Gasteiger partial charge in [-0.25, -0.2) is 0 Å². The van der Waals surface area contributed by atoms with Crippen LogP contribution in [-0.4, -0.2) is 62.7 Å². The Morgan fingerprint density at radius 2 is 2.00 bits per heavy atom. The van der Waals surface area contributed by atoms with E-state index < -0.39 is 0 Å². The van der Waals surface area contributed by atoms with Gasteiger partial charge in [0, 0.05) is 32.2 Å². The van der Waals surface area contributed by atoms with Gasteiger partial charge in [-0.1, -0.05) is 13.8 Å². The Morgan fingerprint density at radius 1 is 1.25 bits per heavy atom. The number of hydrogen-bond donors (Lipinski definition) is 1. The van der Waals surface area contributed by atoms with Crippen molar-refractivity contribution in [2.75, 3.05) is 46.8 Å². The van der Waals surface area contributed by atoms with E-state index in [1.54, 1.807) is 0 Å². The van der Waals surface area contributed by atoms with E-state index in [9.17, 15) is 0 Å². The molecule has 1 fully saturated rings. The molecule has 0 aromatic rings. The maximum Gasteiger partial charge on any atom is 0.0345 e. The maximum atomic E-state index is 3.59. The molecule has 1 atom stereocenters. The summed E-state index contributed by atoms with van der Waals surface area (Å²) in [6.45, 7) is 10.5. The summed E-state index contributed by atoms with van der Waals surface area (Å²) in [5.74, 6) is 0.838. The molecule has 1 rings (SSSR count). The van der Waals surface area contributed by atoms with Crippen LogP contribution < -0.4 is 5.32 Å². The first-order chi connectivity index (χ1) is 7.59. The van der Waals surface area contributed by atoms with Crippen molar-refractivity contribution in [3.05, 3.63) is 0 Å². The molecule has 1 N–H and O–H groups in total. The second-order valence-electron chi connectivity index (χ2n) is 5.64. The molecule has 0 aromatic carbocycles. The minimum absolute atomic E-state index is 0.692. The largest absolute Gasteiger partial charge is 0.315 e. The van der Waals surface area contributed by atoms with E-state index in [-0.39, 0.29) is 0 Å². The predicted molar refractivity (Wildman–Crippen MR) is 70.9 cm³/mol. The third-order valence-corrected chi connectivity index (χ3v) is 3.50. The van der Waals surface area contributed by atoms with Gasteiger partial charge in [0.15, 0.2) is 0 Å². The summed E-state index contributed by atoms with van der Waals surface area (Å²) in [5.41, 5.74) is 0. The zero-order valence-electron chi connectivity index (χ0n) is 11.5. The van der Waals surface area contributed by atoms with Crippen molar-refractivity contribution in [2.45, 2.75) is 32.7 Å². The van der Waals surface area contributed by atoms with Crippen molar-refractivity contribution in [1.29, 1.82) is 0 Å². The summed E-state index contributed by atoms with van der Waals surface area (Å²) in [7, 11) is 4.46. The molecule has 1 aliphatic rings. The fourth-order valence-electron chi connectivity index (χ4n) is 2.23. The van der Waals surface area contributed by atoms with Gasteiger partial charge in [-0.3, -0.25) is 4.90 Å². The molecule has 0 saturated carbocycles.